The first-order valence-electron chi connectivity index (χ1n) is 13.5. The molecule has 2 aromatic rings. The van der Waals surface area contributed by atoms with Crippen molar-refractivity contribution in [1.29, 1.82) is 0 Å². The average molecular weight is 830 g/mol. The molecule has 0 bridgehead atoms. The molecule has 236 valence electrons. The molecule has 0 atom stereocenters. The molecular formula is C39H60S2Sn2. The van der Waals surface area contributed by atoms with Crippen molar-refractivity contribution in [2.75, 3.05) is 0 Å². The van der Waals surface area contributed by atoms with Crippen LogP contribution in [0.3, 0.4) is 0 Å². The second-order valence-electron chi connectivity index (χ2n) is 9.98. The minimum Gasteiger partial charge on any atom is -0.0911 e. The van der Waals surface area contributed by atoms with E-state index in [1.54, 1.807) is 22.3 Å². The van der Waals surface area contributed by atoms with E-state index in [4.69, 9.17) is 0 Å². The molecule has 2 aromatic carbocycles. The van der Waals surface area contributed by atoms with Gasteiger partial charge in [-0.2, -0.15) is 0 Å². The summed E-state index contributed by atoms with van der Waals surface area (Å²) in [5.41, 5.74) is 8.16. The molecule has 0 N–H and O–H groups in total. The van der Waals surface area contributed by atoms with E-state index in [0.717, 1.165) is 0 Å². The summed E-state index contributed by atoms with van der Waals surface area (Å²) < 4.78 is 0. The number of rotatable bonds is 12. The van der Waals surface area contributed by atoms with E-state index < -0.39 is 0 Å². The van der Waals surface area contributed by atoms with Gasteiger partial charge in [-0.15, -0.1) is 0 Å². The third-order valence-corrected chi connectivity index (χ3v) is 9.50. The van der Waals surface area contributed by atoms with Crippen LogP contribution in [0.15, 0.2) is 81.6 Å². The van der Waals surface area contributed by atoms with Gasteiger partial charge in [0.2, 0.25) is 0 Å². The maximum absolute atomic E-state index is 3.46. The van der Waals surface area contributed by atoms with E-state index in [9.17, 15) is 0 Å². The van der Waals surface area contributed by atoms with Crippen molar-refractivity contribution in [2.24, 2.45) is 0 Å². The quantitative estimate of drug-likeness (QED) is 0.148. The summed E-state index contributed by atoms with van der Waals surface area (Å²) in [5, 5.41) is 6.92. The monoisotopic (exact) mass is 832 g/mol. The zero-order chi connectivity index (χ0) is 24.1. The van der Waals surface area contributed by atoms with Crippen molar-refractivity contribution in [1.82, 2.24) is 0 Å². The first kappa shape index (κ1) is 49.1. The smallest absolute Gasteiger partial charge is 0.0743 e. The molecule has 2 heterocycles. The molecule has 0 aromatic heterocycles. The molecule has 0 saturated heterocycles. The Morgan fingerprint density at radius 3 is 1.19 bits per heavy atom. The van der Waals surface area contributed by atoms with E-state index in [1.807, 2.05) is 0 Å². The van der Waals surface area contributed by atoms with Crippen LogP contribution in [-0.2, 0) is 18.3 Å². The Kier molecular flexibility index (Phi) is 26.9. The van der Waals surface area contributed by atoms with Crippen molar-refractivity contribution >= 4 is 70.2 Å². The van der Waals surface area contributed by atoms with Gasteiger partial charge in [0.05, 0.1) is 15.2 Å². The van der Waals surface area contributed by atoms with Gasteiger partial charge in [0.1, 0.15) is 0 Å². The molecule has 0 unspecified atom stereocenters. The fourth-order valence-corrected chi connectivity index (χ4v) is 7.61. The molecule has 0 nitrogen and oxygen atoms in total. The maximum Gasteiger partial charge on any atom is 0.0743 e. The van der Waals surface area contributed by atoms with Crippen molar-refractivity contribution in [3.05, 3.63) is 104 Å². The number of fused-ring (bicyclic) bond motifs is 2. The van der Waals surface area contributed by atoms with Crippen LogP contribution in [0.4, 0.5) is 0 Å². The fourth-order valence-electron chi connectivity index (χ4n) is 5.72. The second-order valence-corrected chi connectivity index (χ2v) is 11.7. The molecule has 4 heteroatoms. The van der Waals surface area contributed by atoms with Crippen LogP contribution in [0.25, 0.3) is 0 Å². The summed E-state index contributed by atoms with van der Waals surface area (Å²) in [6.45, 7) is 4.56. The van der Waals surface area contributed by atoms with Gasteiger partial charge in [-0.3, -0.25) is 0 Å². The van der Waals surface area contributed by atoms with Gasteiger partial charge < -0.3 is 0 Å². The average Bonchev–Trinajstić information content (AvgIpc) is 3.61. The van der Waals surface area contributed by atoms with Gasteiger partial charge in [-0.25, -0.2) is 0 Å². The Morgan fingerprint density at radius 1 is 0.512 bits per heavy atom. The van der Waals surface area contributed by atoms with Crippen molar-refractivity contribution in [2.45, 2.75) is 128 Å². The van der Waals surface area contributed by atoms with Crippen molar-refractivity contribution in [3.8, 4) is 10.4 Å². The predicted molar refractivity (Wildman–Crippen MR) is 207 cm³/mol. The molecule has 0 saturated carbocycles. The number of hydrogen-bond acceptors (Lipinski definition) is 0. The number of benzene rings is 2. The number of allylic oxidation sites excluding steroid dienone is 4. The SMILES string of the molecule is C.C.C.C.C.C.CCCCCCc1ccc(C2(c3ccc(CCCCCC)cc3)C3=CC#SC3=C3S#CC=C32)cc1.[Sn].[Sn]. The Labute approximate surface area is 309 Å². The third-order valence-electron chi connectivity index (χ3n) is 7.64. The van der Waals surface area contributed by atoms with Crippen LogP contribution in [0.1, 0.15) is 132 Å². The van der Waals surface area contributed by atoms with Crippen LogP contribution in [0, 0.1) is 10.4 Å². The molecule has 1 aliphatic carbocycles. The summed E-state index contributed by atoms with van der Waals surface area (Å²) in [6, 6.07) is 19.0. The van der Waals surface area contributed by atoms with Gasteiger partial charge in [0, 0.05) is 47.8 Å². The van der Waals surface area contributed by atoms with E-state index in [2.05, 4.69) is 84.9 Å². The molecule has 5 rings (SSSR count). The molecule has 0 amide bonds. The summed E-state index contributed by atoms with van der Waals surface area (Å²) in [7, 11) is 0. The molecule has 43 heavy (non-hydrogen) atoms. The van der Waals surface area contributed by atoms with E-state index >= 15 is 0 Å². The Bertz CT molecular complexity index is 1200. The predicted octanol–water partition coefficient (Wildman–Crippen LogP) is 12.8. The first-order valence-corrected chi connectivity index (χ1v) is 15.1. The molecular weight excluding hydrogens is 770 g/mol. The molecule has 2 aliphatic heterocycles. The summed E-state index contributed by atoms with van der Waals surface area (Å²) >= 11 is 3.51. The molecule has 3 aliphatic rings. The van der Waals surface area contributed by atoms with E-state index in [1.165, 1.54) is 107 Å². The van der Waals surface area contributed by atoms with Crippen LogP contribution in [0.5, 0.6) is 0 Å². The third kappa shape index (κ3) is 10.1. The number of hydrogen-bond donors (Lipinski definition) is 0. The molecule has 0 fully saturated rings. The zero-order valence-electron chi connectivity index (χ0n) is 22.2. The fraction of sp³-hybridized carbons (Fsp3) is 0.487. The topological polar surface area (TPSA) is 0 Å². The summed E-state index contributed by atoms with van der Waals surface area (Å²) in [6.07, 6.45) is 17.3. The van der Waals surface area contributed by atoms with Gasteiger partial charge in [0.15, 0.2) is 0 Å². The molecule has 8 radical (unpaired) electrons. The largest absolute Gasteiger partial charge is 0.0911 e. The number of unbranched alkanes of at least 4 members (excludes halogenated alkanes) is 6. The van der Waals surface area contributed by atoms with Crippen molar-refractivity contribution in [3.63, 3.8) is 0 Å². The minimum atomic E-state index is -0.265. The maximum atomic E-state index is 3.46. The standard InChI is InChI=1S/C33H36S2.6CH4.2Sn/c1-3-5-7-9-11-25-13-17-27(18-14-25)33(28-19-15-26(16-20-28)12-10-8-6-4-2)29-21-23-34-31(29)32-30(33)22-24-35-32;;;;;;;;/h13-22H,3-12H2,1-2H3;6*1H4;;. The minimum absolute atomic E-state index is 0. The van der Waals surface area contributed by atoms with Crippen LogP contribution in [0.2, 0.25) is 0 Å². The Balaban J connectivity index is -0.000000951. The van der Waals surface area contributed by atoms with Gasteiger partial charge in [-0.05, 0) is 71.2 Å². The van der Waals surface area contributed by atoms with Gasteiger partial charge in [-0.1, -0.05) is 178 Å². The second kappa shape index (κ2) is 23.6. The summed E-state index contributed by atoms with van der Waals surface area (Å²) in [5.74, 6) is 0. The zero-order valence-corrected chi connectivity index (χ0v) is 29.5. The van der Waals surface area contributed by atoms with Crippen molar-refractivity contribution < 1.29 is 0 Å². The van der Waals surface area contributed by atoms with Gasteiger partial charge >= 0.3 is 0 Å². The van der Waals surface area contributed by atoms with Crippen LogP contribution >= 0.6 is 22.3 Å². The Morgan fingerprint density at radius 2 is 0.860 bits per heavy atom. The van der Waals surface area contributed by atoms with Gasteiger partial charge in [0.25, 0.3) is 0 Å². The van der Waals surface area contributed by atoms with E-state index in [-0.39, 0.29) is 97.8 Å². The van der Waals surface area contributed by atoms with E-state index in [0.29, 0.717) is 0 Å². The Hall–Kier alpha value is -0.743. The molecule has 0 spiro atoms. The normalized spacial score (nSPS) is 13.5. The van der Waals surface area contributed by atoms with Crippen LogP contribution in [-0.4, -0.2) is 47.8 Å². The first-order chi connectivity index (χ1) is 17.3. The number of aryl methyl sites for hydroxylation is 2. The summed E-state index contributed by atoms with van der Waals surface area (Å²) in [4.78, 5) is 2.75. The van der Waals surface area contributed by atoms with Crippen LogP contribution < -0.4 is 0 Å².